The highest BCUT2D eigenvalue weighted by Gasteiger charge is 2.35. The van der Waals surface area contributed by atoms with Crippen molar-refractivity contribution in [2.24, 2.45) is 0 Å². The Morgan fingerprint density at radius 1 is 1.50 bits per heavy atom. The molecule has 2 unspecified atom stereocenters. The lowest BCUT2D eigenvalue weighted by atomic mass is 10.0. The van der Waals surface area contributed by atoms with Gasteiger partial charge in [0.25, 0.3) is 0 Å². The third kappa shape index (κ3) is 3.78. The molecule has 1 aromatic rings. The number of likely N-dealkylation sites (N-methyl/N-ethyl adjacent to an activating group) is 1. The Kier molecular flexibility index (Phi) is 5.42. The number of aliphatic hydroxyl groups is 1. The van der Waals surface area contributed by atoms with Crippen LogP contribution in [0.15, 0.2) is 24.3 Å². The summed E-state index contributed by atoms with van der Waals surface area (Å²) in [4.78, 5) is 16.4. The number of likely N-dealkylation sites (tertiary alicyclic amines) is 1. The molecule has 1 heterocycles. The van der Waals surface area contributed by atoms with Gasteiger partial charge in [-0.25, -0.2) is 0 Å². The molecule has 0 saturated carbocycles. The Morgan fingerprint density at radius 3 is 2.86 bits per heavy atom. The molecule has 2 rings (SSSR count). The van der Waals surface area contributed by atoms with Crippen LogP contribution in [0.25, 0.3) is 0 Å². The quantitative estimate of drug-likeness (QED) is 0.899. The monoisotopic (exact) mass is 306 g/mol. The summed E-state index contributed by atoms with van der Waals surface area (Å²) in [5.41, 5.74) is 1.01. The van der Waals surface area contributed by atoms with Crippen LogP contribution in [0.5, 0.6) is 5.75 Å². The maximum atomic E-state index is 12.6. The molecule has 1 saturated heterocycles. The van der Waals surface area contributed by atoms with E-state index in [1.807, 2.05) is 36.2 Å². The minimum absolute atomic E-state index is 0.0561. The zero-order chi connectivity index (χ0) is 16.3. The number of β-amino-alcohol motifs (C(OH)–C–C–N with tert-alkyl or cyclic N) is 1. The summed E-state index contributed by atoms with van der Waals surface area (Å²) in [6, 6.07) is 7.95. The third-order valence-electron chi connectivity index (χ3n) is 4.34. The van der Waals surface area contributed by atoms with E-state index in [2.05, 4.69) is 13.8 Å². The summed E-state index contributed by atoms with van der Waals surface area (Å²) < 4.78 is 5.26. The van der Waals surface area contributed by atoms with Crippen LogP contribution < -0.4 is 4.74 Å². The fourth-order valence-electron chi connectivity index (χ4n) is 2.74. The van der Waals surface area contributed by atoms with Crippen LogP contribution in [0.4, 0.5) is 0 Å². The second-order valence-corrected chi connectivity index (χ2v) is 6.24. The first-order valence-electron chi connectivity index (χ1n) is 7.74. The summed E-state index contributed by atoms with van der Waals surface area (Å²) in [7, 11) is 3.57. The van der Waals surface area contributed by atoms with Crippen molar-refractivity contribution in [2.45, 2.75) is 38.5 Å². The maximum absolute atomic E-state index is 12.6. The summed E-state index contributed by atoms with van der Waals surface area (Å²) in [5.74, 6) is 0.825. The van der Waals surface area contributed by atoms with E-state index in [0.29, 0.717) is 25.6 Å². The zero-order valence-corrected chi connectivity index (χ0v) is 13.8. The van der Waals surface area contributed by atoms with Crippen LogP contribution in [0.2, 0.25) is 0 Å². The average molecular weight is 306 g/mol. The van der Waals surface area contributed by atoms with Crippen LogP contribution >= 0.6 is 0 Å². The van der Waals surface area contributed by atoms with E-state index in [4.69, 9.17) is 4.74 Å². The third-order valence-corrected chi connectivity index (χ3v) is 4.34. The molecule has 122 valence electrons. The molecular formula is C17H26N2O3. The van der Waals surface area contributed by atoms with Gasteiger partial charge in [0.2, 0.25) is 5.91 Å². The van der Waals surface area contributed by atoms with Crippen molar-refractivity contribution in [1.29, 1.82) is 0 Å². The van der Waals surface area contributed by atoms with Crippen molar-refractivity contribution in [1.82, 2.24) is 9.80 Å². The number of hydrogen-bond acceptors (Lipinski definition) is 4. The molecule has 0 radical (unpaired) electrons. The lowest BCUT2D eigenvalue weighted by Gasteiger charge is -2.28. The van der Waals surface area contributed by atoms with Crippen LogP contribution in [0, 0.1) is 0 Å². The predicted octanol–water partition coefficient (Wildman–Crippen LogP) is 1.67. The minimum atomic E-state index is -0.468. The number of carbonyl (C=O) groups excluding carboxylic acids is 1. The molecular weight excluding hydrogens is 280 g/mol. The normalized spacial score (nSPS) is 21.7. The van der Waals surface area contributed by atoms with E-state index in [1.165, 1.54) is 0 Å². The predicted molar refractivity (Wildman–Crippen MR) is 85.8 cm³/mol. The van der Waals surface area contributed by atoms with Gasteiger partial charge in [-0.05, 0) is 45.0 Å². The molecule has 1 fully saturated rings. The standard InChI is InChI=1S/C17H26N2O3/c1-12(2)18(3)11-17(21)19-10-14(20)9-16(19)13-6-5-7-15(8-13)22-4/h5-8,12,14,16,20H,9-11H2,1-4H3. The Balaban J connectivity index is 2.16. The van der Waals surface area contributed by atoms with Crippen molar-refractivity contribution in [3.8, 4) is 5.75 Å². The van der Waals surface area contributed by atoms with Gasteiger partial charge in [0.1, 0.15) is 5.75 Å². The average Bonchev–Trinajstić information content (AvgIpc) is 2.89. The Labute approximate surface area is 132 Å². The van der Waals surface area contributed by atoms with Crippen molar-refractivity contribution < 1.29 is 14.6 Å². The maximum Gasteiger partial charge on any atom is 0.237 e. The lowest BCUT2D eigenvalue weighted by Crippen LogP contribution is -2.41. The van der Waals surface area contributed by atoms with E-state index in [9.17, 15) is 9.90 Å². The van der Waals surface area contributed by atoms with Crippen LogP contribution in [0.3, 0.4) is 0 Å². The van der Waals surface area contributed by atoms with Gasteiger partial charge in [-0.1, -0.05) is 12.1 Å². The van der Waals surface area contributed by atoms with Crippen LogP contribution in [-0.4, -0.2) is 60.2 Å². The number of carbonyl (C=O) groups is 1. The molecule has 5 nitrogen and oxygen atoms in total. The second kappa shape index (κ2) is 7.11. The van der Waals surface area contributed by atoms with Gasteiger partial charge in [0.15, 0.2) is 0 Å². The number of ether oxygens (including phenoxy) is 1. The van der Waals surface area contributed by atoms with Gasteiger partial charge < -0.3 is 14.7 Å². The number of nitrogens with zero attached hydrogens (tertiary/aromatic N) is 2. The van der Waals surface area contributed by atoms with Gasteiger partial charge in [-0.3, -0.25) is 9.69 Å². The summed E-state index contributed by atoms with van der Waals surface area (Å²) in [6.45, 7) is 4.88. The highest BCUT2D eigenvalue weighted by Crippen LogP contribution is 2.33. The number of rotatable bonds is 5. The van der Waals surface area contributed by atoms with E-state index >= 15 is 0 Å². The summed E-state index contributed by atoms with van der Waals surface area (Å²) in [6.07, 6.45) is 0.106. The number of methoxy groups -OCH3 is 1. The van der Waals surface area contributed by atoms with E-state index in [1.54, 1.807) is 12.0 Å². The fraction of sp³-hybridized carbons (Fsp3) is 0.588. The first-order valence-corrected chi connectivity index (χ1v) is 7.74. The molecule has 0 aliphatic carbocycles. The van der Waals surface area contributed by atoms with Crippen molar-refractivity contribution in [2.75, 3.05) is 27.2 Å². The minimum Gasteiger partial charge on any atom is -0.497 e. The van der Waals surface area contributed by atoms with Crippen LogP contribution in [0.1, 0.15) is 31.9 Å². The van der Waals surface area contributed by atoms with Gasteiger partial charge in [-0.15, -0.1) is 0 Å². The van der Waals surface area contributed by atoms with Crippen molar-refractivity contribution in [3.05, 3.63) is 29.8 Å². The molecule has 0 spiro atoms. The first-order chi connectivity index (χ1) is 10.4. The molecule has 1 amide bonds. The lowest BCUT2D eigenvalue weighted by molar-refractivity contribution is -0.133. The second-order valence-electron chi connectivity index (χ2n) is 6.24. The van der Waals surface area contributed by atoms with Crippen molar-refractivity contribution >= 4 is 5.91 Å². The number of amides is 1. The highest BCUT2D eigenvalue weighted by molar-refractivity contribution is 5.79. The first kappa shape index (κ1) is 16.8. The Hall–Kier alpha value is -1.59. The molecule has 0 aromatic heterocycles. The molecule has 1 aromatic carbocycles. The van der Waals surface area contributed by atoms with E-state index in [0.717, 1.165) is 11.3 Å². The molecule has 1 N–H and O–H groups in total. The van der Waals surface area contributed by atoms with Crippen molar-refractivity contribution in [3.63, 3.8) is 0 Å². The Bertz CT molecular complexity index is 518. The Morgan fingerprint density at radius 2 is 2.23 bits per heavy atom. The molecule has 1 aliphatic rings. The smallest absolute Gasteiger partial charge is 0.237 e. The van der Waals surface area contributed by atoms with E-state index in [-0.39, 0.29) is 11.9 Å². The zero-order valence-electron chi connectivity index (χ0n) is 13.8. The van der Waals surface area contributed by atoms with Gasteiger partial charge in [0.05, 0.1) is 25.8 Å². The van der Waals surface area contributed by atoms with E-state index < -0.39 is 6.10 Å². The number of hydrogen-bond donors (Lipinski definition) is 1. The summed E-state index contributed by atoms with van der Waals surface area (Å²) >= 11 is 0. The molecule has 0 bridgehead atoms. The number of aliphatic hydroxyl groups excluding tert-OH is 1. The highest BCUT2D eigenvalue weighted by atomic mass is 16.5. The SMILES string of the molecule is COc1cccc(C2CC(O)CN2C(=O)CN(C)C(C)C)c1. The van der Waals surface area contributed by atoms with Gasteiger partial charge >= 0.3 is 0 Å². The largest absolute Gasteiger partial charge is 0.497 e. The van der Waals surface area contributed by atoms with Gasteiger partial charge in [-0.2, -0.15) is 0 Å². The molecule has 2 atom stereocenters. The number of benzene rings is 1. The molecule has 1 aliphatic heterocycles. The molecule has 22 heavy (non-hydrogen) atoms. The fourth-order valence-corrected chi connectivity index (χ4v) is 2.74. The topological polar surface area (TPSA) is 53.0 Å². The van der Waals surface area contributed by atoms with Gasteiger partial charge in [0, 0.05) is 12.6 Å². The molecule has 5 heteroatoms. The summed E-state index contributed by atoms with van der Waals surface area (Å²) in [5, 5.41) is 10.0. The van der Waals surface area contributed by atoms with Crippen LogP contribution in [-0.2, 0) is 4.79 Å².